The maximum atomic E-state index is 6.04. The fraction of sp³-hybridized carbons (Fsp3) is 0.706. The maximum absolute atomic E-state index is 6.04. The van der Waals surface area contributed by atoms with E-state index < -0.39 is 0 Å². The van der Waals surface area contributed by atoms with E-state index in [0.717, 1.165) is 36.2 Å². The average Bonchev–Trinajstić information content (AvgIpc) is 2.87. The van der Waals surface area contributed by atoms with E-state index in [1.807, 2.05) is 13.0 Å². The summed E-state index contributed by atoms with van der Waals surface area (Å²) in [6.45, 7) is 10.1. The van der Waals surface area contributed by atoms with Crippen LogP contribution in [0.1, 0.15) is 57.8 Å². The molecule has 0 aliphatic heterocycles. The predicted molar refractivity (Wildman–Crippen MR) is 83.0 cm³/mol. The van der Waals surface area contributed by atoms with Crippen molar-refractivity contribution in [1.29, 1.82) is 0 Å². The number of aryl methyl sites for hydroxylation is 1. The van der Waals surface area contributed by atoms with Crippen molar-refractivity contribution in [1.82, 2.24) is 10.3 Å². The van der Waals surface area contributed by atoms with Crippen molar-refractivity contribution >= 4 is 0 Å². The van der Waals surface area contributed by atoms with E-state index in [2.05, 4.69) is 37.1 Å². The zero-order chi connectivity index (χ0) is 14.6. The van der Waals surface area contributed by atoms with Gasteiger partial charge in [-0.25, -0.2) is 0 Å². The Bertz CT molecular complexity index is 431. The summed E-state index contributed by atoms with van der Waals surface area (Å²) in [7, 11) is 0. The maximum Gasteiger partial charge on any atom is 0.142 e. The van der Waals surface area contributed by atoms with Crippen LogP contribution in [0.15, 0.2) is 12.1 Å². The molecule has 1 aromatic rings. The van der Waals surface area contributed by atoms with Crippen molar-refractivity contribution in [3.63, 3.8) is 0 Å². The molecule has 0 bridgehead atoms. The summed E-state index contributed by atoms with van der Waals surface area (Å²) in [5.74, 6) is 1.68. The van der Waals surface area contributed by atoms with Crippen LogP contribution in [-0.2, 0) is 6.54 Å². The minimum Gasteiger partial charge on any atom is -0.491 e. The molecular formula is C17H28N2O. The van der Waals surface area contributed by atoms with Gasteiger partial charge in [0.2, 0.25) is 0 Å². The van der Waals surface area contributed by atoms with Gasteiger partial charge in [-0.3, -0.25) is 4.98 Å². The van der Waals surface area contributed by atoms with Crippen LogP contribution in [0.3, 0.4) is 0 Å². The molecule has 0 atom stereocenters. The molecular weight excluding hydrogens is 248 g/mol. The summed E-state index contributed by atoms with van der Waals surface area (Å²) in [6.07, 6.45) is 5.35. The Hall–Kier alpha value is -1.09. The highest BCUT2D eigenvalue weighted by molar-refractivity contribution is 5.29. The Morgan fingerprint density at radius 1 is 1.25 bits per heavy atom. The number of nitrogens with one attached hydrogen (secondary N) is 1. The number of ether oxygens (including phenoxy) is 1. The third-order valence-electron chi connectivity index (χ3n) is 3.81. The Kier molecular flexibility index (Phi) is 5.03. The Morgan fingerprint density at radius 2 is 1.95 bits per heavy atom. The lowest BCUT2D eigenvalue weighted by atomic mass is 10.1. The zero-order valence-corrected chi connectivity index (χ0v) is 13.3. The predicted octanol–water partition coefficient (Wildman–Crippen LogP) is 3.85. The van der Waals surface area contributed by atoms with Crippen LogP contribution in [0.5, 0.6) is 5.75 Å². The second kappa shape index (κ2) is 6.57. The standard InChI is InChI=1S/C17H28N2O/c1-13-9-10-16(20-12-14-7-5-6-8-14)15(19-13)11-18-17(2,3)4/h9-10,14,18H,5-8,11-12H2,1-4H3. The summed E-state index contributed by atoms with van der Waals surface area (Å²) in [5.41, 5.74) is 2.16. The highest BCUT2D eigenvalue weighted by atomic mass is 16.5. The minimum absolute atomic E-state index is 0.0914. The summed E-state index contributed by atoms with van der Waals surface area (Å²) in [4.78, 5) is 4.63. The minimum atomic E-state index is 0.0914. The largest absolute Gasteiger partial charge is 0.491 e. The quantitative estimate of drug-likeness (QED) is 0.887. The lowest BCUT2D eigenvalue weighted by Crippen LogP contribution is -2.35. The van der Waals surface area contributed by atoms with E-state index in [4.69, 9.17) is 4.74 Å². The van der Waals surface area contributed by atoms with Crippen LogP contribution < -0.4 is 10.1 Å². The molecule has 1 aliphatic carbocycles. The lowest BCUT2D eigenvalue weighted by molar-refractivity contribution is 0.247. The molecule has 1 N–H and O–H groups in total. The topological polar surface area (TPSA) is 34.1 Å². The monoisotopic (exact) mass is 276 g/mol. The fourth-order valence-corrected chi connectivity index (χ4v) is 2.59. The Labute approximate surface area is 123 Å². The Balaban J connectivity index is 1.99. The van der Waals surface area contributed by atoms with Crippen molar-refractivity contribution in [3.8, 4) is 5.75 Å². The first-order chi connectivity index (χ1) is 9.44. The molecule has 1 heterocycles. The summed E-state index contributed by atoms with van der Waals surface area (Å²) in [5, 5.41) is 3.49. The van der Waals surface area contributed by atoms with Crippen LogP contribution in [0, 0.1) is 12.8 Å². The second-order valence-corrected chi connectivity index (χ2v) is 6.96. The summed E-state index contributed by atoms with van der Waals surface area (Å²) >= 11 is 0. The first-order valence-corrected chi connectivity index (χ1v) is 7.78. The lowest BCUT2D eigenvalue weighted by Gasteiger charge is -2.21. The smallest absolute Gasteiger partial charge is 0.142 e. The molecule has 0 spiro atoms. The third-order valence-corrected chi connectivity index (χ3v) is 3.81. The highest BCUT2D eigenvalue weighted by Crippen LogP contribution is 2.26. The molecule has 3 nitrogen and oxygen atoms in total. The first-order valence-electron chi connectivity index (χ1n) is 7.78. The van der Waals surface area contributed by atoms with Gasteiger partial charge in [0.05, 0.1) is 12.3 Å². The number of aromatic nitrogens is 1. The van der Waals surface area contributed by atoms with E-state index in [0.29, 0.717) is 0 Å². The van der Waals surface area contributed by atoms with Gasteiger partial charge in [0.1, 0.15) is 5.75 Å². The molecule has 0 saturated heterocycles. The van der Waals surface area contributed by atoms with Crippen molar-refractivity contribution in [2.45, 2.75) is 65.5 Å². The Morgan fingerprint density at radius 3 is 2.60 bits per heavy atom. The summed E-state index contributed by atoms with van der Waals surface area (Å²) < 4.78 is 6.04. The molecule has 112 valence electrons. The van der Waals surface area contributed by atoms with Gasteiger partial charge in [-0.2, -0.15) is 0 Å². The third kappa shape index (κ3) is 4.78. The molecule has 0 radical (unpaired) electrons. The second-order valence-electron chi connectivity index (χ2n) is 6.96. The van der Waals surface area contributed by atoms with Gasteiger partial charge in [-0.1, -0.05) is 12.8 Å². The summed E-state index contributed by atoms with van der Waals surface area (Å²) in [6, 6.07) is 4.10. The van der Waals surface area contributed by atoms with Crippen molar-refractivity contribution in [3.05, 3.63) is 23.5 Å². The van der Waals surface area contributed by atoms with Crippen LogP contribution in [0.2, 0.25) is 0 Å². The SMILES string of the molecule is Cc1ccc(OCC2CCCC2)c(CNC(C)(C)C)n1. The normalized spacial score (nSPS) is 16.6. The van der Waals surface area contributed by atoms with Gasteiger partial charge in [0, 0.05) is 17.8 Å². The van der Waals surface area contributed by atoms with Gasteiger partial charge in [0.25, 0.3) is 0 Å². The van der Waals surface area contributed by atoms with Crippen molar-refractivity contribution in [2.24, 2.45) is 5.92 Å². The van der Waals surface area contributed by atoms with Gasteiger partial charge in [0.15, 0.2) is 0 Å². The number of rotatable bonds is 5. The number of hydrogen-bond donors (Lipinski definition) is 1. The number of hydrogen-bond acceptors (Lipinski definition) is 3. The van der Waals surface area contributed by atoms with Gasteiger partial charge < -0.3 is 10.1 Å². The van der Waals surface area contributed by atoms with Crippen LogP contribution in [-0.4, -0.2) is 17.1 Å². The molecule has 3 heteroatoms. The molecule has 0 unspecified atom stereocenters. The number of pyridine rings is 1. The van der Waals surface area contributed by atoms with Crippen LogP contribution in [0.4, 0.5) is 0 Å². The van der Waals surface area contributed by atoms with Gasteiger partial charge >= 0.3 is 0 Å². The highest BCUT2D eigenvalue weighted by Gasteiger charge is 2.17. The van der Waals surface area contributed by atoms with Gasteiger partial charge in [-0.05, 0) is 58.6 Å². The van der Waals surface area contributed by atoms with E-state index in [1.54, 1.807) is 0 Å². The molecule has 2 rings (SSSR count). The van der Waals surface area contributed by atoms with Crippen molar-refractivity contribution < 1.29 is 4.74 Å². The molecule has 0 amide bonds. The zero-order valence-electron chi connectivity index (χ0n) is 13.3. The van der Waals surface area contributed by atoms with Crippen LogP contribution >= 0.6 is 0 Å². The molecule has 1 aromatic heterocycles. The number of nitrogens with zero attached hydrogens (tertiary/aromatic N) is 1. The molecule has 20 heavy (non-hydrogen) atoms. The van der Waals surface area contributed by atoms with Gasteiger partial charge in [-0.15, -0.1) is 0 Å². The molecule has 1 fully saturated rings. The first kappa shape index (κ1) is 15.3. The van der Waals surface area contributed by atoms with E-state index in [1.165, 1.54) is 25.7 Å². The van der Waals surface area contributed by atoms with E-state index in [-0.39, 0.29) is 5.54 Å². The van der Waals surface area contributed by atoms with E-state index >= 15 is 0 Å². The van der Waals surface area contributed by atoms with Crippen LogP contribution in [0.25, 0.3) is 0 Å². The fourth-order valence-electron chi connectivity index (χ4n) is 2.59. The average molecular weight is 276 g/mol. The molecule has 0 aromatic carbocycles. The molecule has 1 saturated carbocycles. The molecule has 1 aliphatic rings. The van der Waals surface area contributed by atoms with E-state index in [9.17, 15) is 0 Å². The van der Waals surface area contributed by atoms with Crippen molar-refractivity contribution in [2.75, 3.05) is 6.61 Å².